The van der Waals surface area contributed by atoms with Crippen LogP contribution >= 0.6 is 0 Å². The van der Waals surface area contributed by atoms with Crippen LogP contribution in [0.1, 0.15) is 13.3 Å². The molecule has 56 valence electrons. The summed E-state index contributed by atoms with van der Waals surface area (Å²) in [5.41, 5.74) is 1.21. The first kappa shape index (κ1) is 9.76. The zero-order valence-corrected chi connectivity index (χ0v) is 6.98. The molecule has 0 aliphatic rings. The van der Waals surface area contributed by atoms with Crippen LogP contribution < -0.4 is 5.32 Å². The Kier molecular flexibility index (Phi) is 5.41. The van der Waals surface area contributed by atoms with E-state index in [4.69, 9.17) is 7.85 Å². The Labute approximate surface area is 65.3 Å². The summed E-state index contributed by atoms with van der Waals surface area (Å²) in [5, 5.41) is 3.10. The molecule has 1 nitrogen and oxygen atoms in total. The van der Waals surface area contributed by atoms with Crippen molar-refractivity contribution in [1.82, 2.24) is 5.32 Å². The maximum absolute atomic E-state index is 5.53. The van der Waals surface area contributed by atoms with E-state index in [1.165, 1.54) is 5.57 Å². The molecule has 0 aliphatic heterocycles. The average Bonchev–Trinajstić information content (AvgIpc) is 1.86. The van der Waals surface area contributed by atoms with Crippen LogP contribution in [0, 0.1) is 5.92 Å². The Morgan fingerprint density at radius 2 is 2.30 bits per heavy atom. The molecule has 2 heteroatoms. The Hall–Kier alpha value is -0.235. The first-order valence-electron chi connectivity index (χ1n) is 3.69. The average molecular weight is 137 g/mol. The van der Waals surface area contributed by atoms with Gasteiger partial charge in [-0.15, -0.1) is 6.58 Å². The van der Waals surface area contributed by atoms with E-state index in [2.05, 4.69) is 11.9 Å². The number of hydrogen-bond acceptors (Lipinski definition) is 1. The fourth-order valence-corrected chi connectivity index (χ4v) is 1.02. The van der Waals surface area contributed by atoms with Crippen molar-refractivity contribution in [3.8, 4) is 0 Å². The van der Waals surface area contributed by atoms with Gasteiger partial charge in [0.05, 0.1) is 7.85 Å². The number of hydrogen-bond donors (Lipinski definition) is 1. The standard InChI is InChI=1S/C8H16BN/c1-7(2)4-8(5-9)6-10-3/h8,10H,1,4-6H2,2-3H3. The van der Waals surface area contributed by atoms with Crippen molar-refractivity contribution in [2.24, 2.45) is 5.92 Å². The molecule has 2 radical (unpaired) electrons. The molecule has 10 heavy (non-hydrogen) atoms. The van der Waals surface area contributed by atoms with Crippen LogP contribution in [0.5, 0.6) is 0 Å². The van der Waals surface area contributed by atoms with E-state index in [1.54, 1.807) is 0 Å². The summed E-state index contributed by atoms with van der Waals surface area (Å²) in [4.78, 5) is 0. The summed E-state index contributed by atoms with van der Waals surface area (Å²) in [6.45, 7) is 6.87. The molecule has 1 atom stereocenters. The lowest BCUT2D eigenvalue weighted by Gasteiger charge is -2.13. The summed E-state index contributed by atoms with van der Waals surface area (Å²) in [5.74, 6) is 0.558. The maximum Gasteiger partial charge on any atom is 0.0657 e. The molecule has 0 spiro atoms. The third-order valence-corrected chi connectivity index (χ3v) is 1.46. The monoisotopic (exact) mass is 137 g/mol. The fraction of sp³-hybridized carbons (Fsp3) is 0.750. The summed E-state index contributed by atoms with van der Waals surface area (Å²) < 4.78 is 0. The van der Waals surface area contributed by atoms with Gasteiger partial charge >= 0.3 is 0 Å². The molecule has 0 saturated carbocycles. The number of rotatable bonds is 5. The van der Waals surface area contributed by atoms with Gasteiger partial charge in [-0.2, -0.15) is 0 Å². The Bertz CT molecular complexity index is 101. The van der Waals surface area contributed by atoms with E-state index in [-0.39, 0.29) is 0 Å². The molecule has 0 saturated heterocycles. The lowest BCUT2D eigenvalue weighted by Crippen LogP contribution is -2.18. The highest BCUT2D eigenvalue weighted by Gasteiger charge is 2.03. The van der Waals surface area contributed by atoms with E-state index in [0.29, 0.717) is 5.92 Å². The fourth-order valence-electron chi connectivity index (χ4n) is 1.02. The third kappa shape index (κ3) is 4.63. The smallest absolute Gasteiger partial charge is 0.0657 e. The van der Waals surface area contributed by atoms with Gasteiger partial charge in [0, 0.05) is 0 Å². The molecule has 1 unspecified atom stereocenters. The van der Waals surface area contributed by atoms with Crippen LogP contribution in [0.15, 0.2) is 12.2 Å². The molecular formula is C8H16BN. The van der Waals surface area contributed by atoms with E-state index in [9.17, 15) is 0 Å². The molecule has 0 aromatic carbocycles. The lowest BCUT2D eigenvalue weighted by atomic mass is 9.87. The second kappa shape index (κ2) is 5.54. The van der Waals surface area contributed by atoms with Crippen molar-refractivity contribution in [3.63, 3.8) is 0 Å². The van der Waals surface area contributed by atoms with E-state index >= 15 is 0 Å². The van der Waals surface area contributed by atoms with Crippen LogP contribution in [-0.2, 0) is 0 Å². The van der Waals surface area contributed by atoms with Gasteiger partial charge < -0.3 is 5.32 Å². The van der Waals surface area contributed by atoms with Crippen molar-refractivity contribution >= 4 is 7.85 Å². The summed E-state index contributed by atoms with van der Waals surface area (Å²) in [6, 6.07) is 0. The molecular weight excluding hydrogens is 121 g/mol. The van der Waals surface area contributed by atoms with Crippen LogP contribution in [0.2, 0.25) is 6.32 Å². The summed E-state index contributed by atoms with van der Waals surface area (Å²) in [6.07, 6.45) is 1.78. The zero-order chi connectivity index (χ0) is 7.98. The van der Waals surface area contributed by atoms with Gasteiger partial charge in [0.15, 0.2) is 0 Å². The van der Waals surface area contributed by atoms with Gasteiger partial charge in [-0.25, -0.2) is 0 Å². The molecule has 0 bridgehead atoms. The van der Waals surface area contributed by atoms with E-state index in [0.717, 1.165) is 19.3 Å². The van der Waals surface area contributed by atoms with Crippen molar-refractivity contribution < 1.29 is 0 Å². The predicted octanol–water partition coefficient (Wildman–Crippen LogP) is 1.38. The van der Waals surface area contributed by atoms with E-state index < -0.39 is 0 Å². The first-order valence-corrected chi connectivity index (χ1v) is 3.69. The van der Waals surface area contributed by atoms with Crippen LogP contribution in [-0.4, -0.2) is 21.4 Å². The Morgan fingerprint density at radius 3 is 2.60 bits per heavy atom. The second-order valence-corrected chi connectivity index (χ2v) is 2.82. The number of nitrogens with one attached hydrogen (secondary N) is 1. The molecule has 0 rings (SSSR count). The molecule has 0 aromatic heterocycles. The minimum atomic E-state index is 0.558. The van der Waals surface area contributed by atoms with Crippen molar-refractivity contribution in [3.05, 3.63) is 12.2 Å². The van der Waals surface area contributed by atoms with Gasteiger partial charge in [-0.3, -0.25) is 0 Å². The zero-order valence-electron chi connectivity index (χ0n) is 6.98. The SMILES string of the molecule is [B]CC(CNC)CC(=C)C. The normalized spacial score (nSPS) is 13.0. The quantitative estimate of drug-likeness (QED) is 0.445. The number of allylic oxidation sites excluding steroid dienone is 1. The van der Waals surface area contributed by atoms with Gasteiger partial charge in [-0.1, -0.05) is 11.9 Å². The minimum Gasteiger partial charge on any atom is -0.319 e. The Balaban J connectivity index is 3.49. The van der Waals surface area contributed by atoms with Crippen molar-refractivity contribution in [1.29, 1.82) is 0 Å². The molecule has 0 fully saturated rings. The van der Waals surface area contributed by atoms with Gasteiger partial charge in [-0.05, 0) is 32.9 Å². The highest BCUT2D eigenvalue weighted by atomic mass is 14.8. The third-order valence-electron chi connectivity index (χ3n) is 1.46. The van der Waals surface area contributed by atoms with Crippen LogP contribution in [0.4, 0.5) is 0 Å². The highest BCUT2D eigenvalue weighted by molar-refractivity contribution is 6.08. The summed E-state index contributed by atoms with van der Waals surface area (Å²) in [7, 11) is 7.47. The predicted molar refractivity (Wildman–Crippen MR) is 47.4 cm³/mol. The minimum absolute atomic E-state index is 0.558. The van der Waals surface area contributed by atoms with Gasteiger partial charge in [0.25, 0.3) is 0 Å². The molecule has 0 heterocycles. The molecule has 0 aliphatic carbocycles. The van der Waals surface area contributed by atoms with Gasteiger partial charge in [0.2, 0.25) is 0 Å². The second-order valence-electron chi connectivity index (χ2n) is 2.82. The maximum atomic E-state index is 5.53. The highest BCUT2D eigenvalue weighted by Crippen LogP contribution is 2.11. The summed E-state index contributed by atoms with van der Waals surface area (Å²) >= 11 is 0. The topological polar surface area (TPSA) is 12.0 Å². The Morgan fingerprint density at radius 1 is 1.70 bits per heavy atom. The first-order chi connectivity index (χ1) is 4.70. The molecule has 0 amide bonds. The largest absolute Gasteiger partial charge is 0.319 e. The van der Waals surface area contributed by atoms with Crippen LogP contribution in [0.3, 0.4) is 0 Å². The van der Waals surface area contributed by atoms with E-state index in [1.807, 2.05) is 14.0 Å². The van der Waals surface area contributed by atoms with Crippen molar-refractivity contribution in [2.45, 2.75) is 19.7 Å². The van der Waals surface area contributed by atoms with Crippen LogP contribution in [0.25, 0.3) is 0 Å². The molecule has 0 aromatic rings. The lowest BCUT2D eigenvalue weighted by molar-refractivity contribution is 0.540. The van der Waals surface area contributed by atoms with Crippen molar-refractivity contribution in [2.75, 3.05) is 13.6 Å². The molecule has 1 N–H and O–H groups in total. The van der Waals surface area contributed by atoms with Gasteiger partial charge in [0.1, 0.15) is 0 Å².